The van der Waals surface area contributed by atoms with Gasteiger partial charge in [0.2, 0.25) is 5.91 Å². The molecule has 2 aliphatic rings. The fourth-order valence-corrected chi connectivity index (χ4v) is 4.10. The summed E-state index contributed by atoms with van der Waals surface area (Å²) in [6, 6.07) is 11.9. The zero-order chi connectivity index (χ0) is 24.1. The fraction of sp³-hybridized carbons (Fsp3) is 0.519. The van der Waals surface area contributed by atoms with Crippen LogP contribution in [-0.4, -0.2) is 65.2 Å². The molecule has 3 heterocycles. The Balaban J connectivity index is 1.22. The highest BCUT2D eigenvalue weighted by Crippen LogP contribution is 2.23. The Hall–Kier alpha value is -3.09. The first-order chi connectivity index (χ1) is 16.3. The van der Waals surface area contributed by atoms with Crippen molar-refractivity contribution in [2.75, 3.05) is 32.8 Å². The largest absolute Gasteiger partial charge is 0.492 e. The summed E-state index contributed by atoms with van der Waals surface area (Å²) in [5.41, 5.74) is 2.45. The third kappa shape index (κ3) is 6.49. The topological polar surface area (TPSA) is 72.0 Å². The third-order valence-corrected chi connectivity index (χ3v) is 6.30. The van der Waals surface area contributed by atoms with Crippen molar-refractivity contribution in [3.63, 3.8) is 0 Å². The first-order valence-corrected chi connectivity index (χ1v) is 12.2. The molecule has 0 spiro atoms. The summed E-state index contributed by atoms with van der Waals surface area (Å²) < 4.78 is 11.4. The Morgan fingerprint density at radius 1 is 0.971 bits per heavy atom. The lowest BCUT2D eigenvalue weighted by atomic mass is 9.98. The van der Waals surface area contributed by atoms with E-state index in [4.69, 9.17) is 9.47 Å². The molecule has 7 heteroatoms. The van der Waals surface area contributed by atoms with Crippen LogP contribution in [0.1, 0.15) is 45.6 Å². The second-order valence-corrected chi connectivity index (χ2v) is 10.2. The maximum absolute atomic E-state index is 12.2. The monoisotopic (exact) mass is 465 g/mol. The number of hydrogen-bond acceptors (Lipinski definition) is 5. The van der Waals surface area contributed by atoms with E-state index < -0.39 is 5.60 Å². The average Bonchev–Trinajstić information content (AvgIpc) is 2.76. The van der Waals surface area contributed by atoms with Crippen molar-refractivity contribution < 1.29 is 19.1 Å². The predicted molar refractivity (Wildman–Crippen MR) is 131 cm³/mol. The van der Waals surface area contributed by atoms with Gasteiger partial charge in [0.1, 0.15) is 11.4 Å². The molecule has 0 saturated carbocycles. The molecule has 34 heavy (non-hydrogen) atoms. The van der Waals surface area contributed by atoms with E-state index in [1.54, 1.807) is 11.1 Å². The number of amides is 2. The number of piperidine rings is 1. The van der Waals surface area contributed by atoms with Gasteiger partial charge in [-0.15, -0.1) is 0 Å². The van der Waals surface area contributed by atoms with E-state index in [1.165, 1.54) is 0 Å². The molecule has 1 aromatic heterocycles. The lowest BCUT2D eigenvalue weighted by Gasteiger charge is -2.33. The number of carbonyl (C=O) groups is 2. The number of pyridine rings is 1. The van der Waals surface area contributed by atoms with Gasteiger partial charge in [0.25, 0.3) is 0 Å². The molecule has 2 aliphatic heterocycles. The molecule has 4 rings (SSSR count). The third-order valence-electron chi connectivity index (χ3n) is 6.30. The van der Waals surface area contributed by atoms with E-state index in [-0.39, 0.29) is 12.0 Å². The van der Waals surface area contributed by atoms with Crippen molar-refractivity contribution in [2.45, 2.75) is 52.1 Å². The van der Waals surface area contributed by atoms with Gasteiger partial charge in [-0.3, -0.25) is 9.78 Å². The van der Waals surface area contributed by atoms with E-state index in [0.29, 0.717) is 32.0 Å². The summed E-state index contributed by atoms with van der Waals surface area (Å²) in [5.74, 6) is 1.36. The molecule has 0 atom stereocenters. The normalized spacial score (nSPS) is 16.7. The Kier molecular flexibility index (Phi) is 7.39. The number of benzene rings is 1. The highest BCUT2D eigenvalue weighted by Gasteiger charge is 2.27. The summed E-state index contributed by atoms with van der Waals surface area (Å²) in [7, 11) is 0. The zero-order valence-corrected chi connectivity index (χ0v) is 20.5. The lowest BCUT2D eigenvalue weighted by Crippen LogP contribution is -2.42. The summed E-state index contributed by atoms with van der Waals surface area (Å²) in [5, 5.41) is 0. The standard InChI is InChI=1S/C27H35N3O4/c1-27(2,3)34-26(32)30-15-11-21(12-16-30)19-33-23-9-10-24(28-18-23)22-7-5-20(6-8-22)17-25(31)29-13-4-14-29/h5-10,18,21H,4,11-17,19H2,1-3H3. The van der Waals surface area contributed by atoms with Gasteiger partial charge < -0.3 is 19.3 Å². The Labute approximate surface area is 202 Å². The molecule has 182 valence electrons. The molecule has 2 amide bonds. The van der Waals surface area contributed by atoms with E-state index in [1.807, 2.05) is 62.1 Å². The summed E-state index contributed by atoms with van der Waals surface area (Å²) in [4.78, 5) is 32.6. The van der Waals surface area contributed by atoms with Gasteiger partial charge >= 0.3 is 6.09 Å². The minimum Gasteiger partial charge on any atom is -0.492 e. The fourth-order valence-electron chi connectivity index (χ4n) is 4.10. The van der Waals surface area contributed by atoms with Gasteiger partial charge in [-0.1, -0.05) is 24.3 Å². The van der Waals surface area contributed by atoms with E-state index in [0.717, 1.165) is 54.9 Å². The Morgan fingerprint density at radius 3 is 2.24 bits per heavy atom. The van der Waals surface area contributed by atoms with Crippen LogP contribution < -0.4 is 4.74 Å². The van der Waals surface area contributed by atoms with Crippen molar-refractivity contribution in [3.8, 4) is 17.0 Å². The predicted octanol–water partition coefficient (Wildman–Crippen LogP) is 4.55. The number of ether oxygens (including phenoxy) is 2. The molecule has 1 aromatic carbocycles. The van der Waals surface area contributed by atoms with Crippen molar-refractivity contribution in [1.82, 2.24) is 14.8 Å². The molecule has 2 fully saturated rings. The maximum Gasteiger partial charge on any atom is 0.410 e. The van der Waals surface area contributed by atoms with E-state index in [9.17, 15) is 9.59 Å². The van der Waals surface area contributed by atoms with Crippen molar-refractivity contribution in [2.24, 2.45) is 5.92 Å². The van der Waals surface area contributed by atoms with Gasteiger partial charge in [0.15, 0.2) is 0 Å². The summed E-state index contributed by atoms with van der Waals surface area (Å²) in [6.07, 6.45) is 4.89. The van der Waals surface area contributed by atoms with Gasteiger partial charge in [0.05, 0.1) is 24.9 Å². The number of likely N-dealkylation sites (tertiary alicyclic amines) is 2. The maximum atomic E-state index is 12.2. The number of nitrogens with zero attached hydrogens (tertiary/aromatic N) is 3. The van der Waals surface area contributed by atoms with E-state index in [2.05, 4.69) is 4.98 Å². The van der Waals surface area contributed by atoms with Crippen molar-refractivity contribution in [3.05, 3.63) is 48.2 Å². The van der Waals surface area contributed by atoms with Crippen LogP contribution in [-0.2, 0) is 16.0 Å². The number of carbonyl (C=O) groups excluding carboxylic acids is 2. The second-order valence-electron chi connectivity index (χ2n) is 10.2. The number of aromatic nitrogens is 1. The van der Waals surface area contributed by atoms with Crippen LogP contribution in [0.2, 0.25) is 0 Å². The van der Waals surface area contributed by atoms with E-state index >= 15 is 0 Å². The average molecular weight is 466 g/mol. The Bertz CT molecular complexity index is 970. The van der Waals surface area contributed by atoms with Gasteiger partial charge in [-0.2, -0.15) is 0 Å². The summed E-state index contributed by atoms with van der Waals surface area (Å²) >= 11 is 0. The molecular formula is C27H35N3O4. The highest BCUT2D eigenvalue weighted by molar-refractivity contribution is 5.79. The first-order valence-electron chi connectivity index (χ1n) is 12.2. The second kappa shape index (κ2) is 10.5. The number of rotatable bonds is 6. The van der Waals surface area contributed by atoms with Gasteiger partial charge in [-0.25, -0.2) is 4.79 Å². The van der Waals surface area contributed by atoms with Crippen LogP contribution in [0.25, 0.3) is 11.3 Å². The quantitative estimate of drug-likeness (QED) is 0.626. The molecule has 0 unspecified atom stereocenters. The van der Waals surface area contributed by atoms with Crippen LogP contribution in [0, 0.1) is 5.92 Å². The van der Waals surface area contributed by atoms with Gasteiger partial charge in [0, 0.05) is 31.7 Å². The molecule has 0 bridgehead atoms. The van der Waals surface area contributed by atoms with Gasteiger partial charge in [-0.05, 0) is 63.6 Å². The smallest absolute Gasteiger partial charge is 0.410 e. The number of hydrogen-bond donors (Lipinski definition) is 0. The van der Waals surface area contributed by atoms with Crippen LogP contribution in [0.4, 0.5) is 4.79 Å². The SMILES string of the molecule is CC(C)(C)OC(=O)N1CCC(COc2ccc(-c3ccc(CC(=O)N4CCC4)cc3)nc2)CC1. The minimum atomic E-state index is -0.467. The molecule has 2 aromatic rings. The van der Waals surface area contributed by atoms with Crippen LogP contribution in [0.15, 0.2) is 42.6 Å². The minimum absolute atomic E-state index is 0.203. The first kappa shape index (κ1) is 24.0. The van der Waals surface area contributed by atoms with Crippen LogP contribution in [0.5, 0.6) is 5.75 Å². The van der Waals surface area contributed by atoms with Crippen molar-refractivity contribution in [1.29, 1.82) is 0 Å². The molecule has 0 N–H and O–H groups in total. The molecular weight excluding hydrogens is 430 g/mol. The highest BCUT2D eigenvalue weighted by atomic mass is 16.6. The lowest BCUT2D eigenvalue weighted by molar-refractivity contribution is -0.133. The molecule has 0 aliphatic carbocycles. The van der Waals surface area contributed by atoms with Crippen molar-refractivity contribution >= 4 is 12.0 Å². The molecule has 2 saturated heterocycles. The summed E-state index contributed by atoms with van der Waals surface area (Å²) in [6.45, 7) is 9.44. The zero-order valence-electron chi connectivity index (χ0n) is 20.5. The molecule has 0 radical (unpaired) electrons. The van der Waals surface area contributed by atoms with Crippen LogP contribution >= 0.6 is 0 Å². The molecule has 7 nitrogen and oxygen atoms in total. The van der Waals surface area contributed by atoms with Crippen LogP contribution in [0.3, 0.4) is 0 Å². The Morgan fingerprint density at radius 2 is 1.68 bits per heavy atom.